The quantitative estimate of drug-likeness (QED) is 0.751. The summed E-state index contributed by atoms with van der Waals surface area (Å²) in [6.45, 7) is 5.87. The normalized spacial score (nSPS) is 10.4. The molecule has 1 aromatic heterocycles. The van der Waals surface area contributed by atoms with E-state index in [-0.39, 0.29) is 0 Å². The Morgan fingerprint density at radius 2 is 2.08 bits per heavy atom. The van der Waals surface area contributed by atoms with Crippen LogP contribution in [0.2, 0.25) is 0 Å². The molecule has 13 heavy (non-hydrogen) atoms. The summed E-state index contributed by atoms with van der Waals surface area (Å²) in [7, 11) is 0. The van der Waals surface area contributed by atoms with Gasteiger partial charge in [-0.15, -0.1) is 0 Å². The van der Waals surface area contributed by atoms with Crippen LogP contribution in [0, 0.1) is 13.8 Å². The predicted molar refractivity (Wildman–Crippen MR) is 51.2 cm³/mol. The SMILES string of the molecule is CCCc1c(C)[nH]c(C(=O)O)c1C. The van der Waals surface area contributed by atoms with Crippen LogP contribution in [0.4, 0.5) is 0 Å². The lowest BCUT2D eigenvalue weighted by atomic mass is 10.1. The first-order valence-electron chi connectivity index (χ1n) is 4.49. The molecule has 0 aliphatic carbocycles. The van der Waals surface area contributed by atoms with E-state index in [0.29, 0.717) is 5.69 Å². The average molecular weight is 181 g/mol. The van der Waals surface area contributed by atoms with Gasteiger partial charge in [0.15, 0.2) is 0 Å². The molecule has 1 aromatic rings. The Hall–Kier alpha value is -1.25. The van der Waals surface area contributed by atoms with E-state index in [1.165, 1.54) is 0 Å². The highest BCUT2D eigenvalue weighted by Gasteiger charge is 2.15. The minimum atomic E-state index is -0.872. The van der Waals surface area contributed by atoms with Crippen LogP contribution >= 0.6 is 0 Å². The second kappa shape index (κ2) is 3.64. The van der Waals surface area contributed by atoms with Crippen LogP contribution in [0.3, 0.4) is 0 Å². The monoisotopic (exact) mass is 181 g/mol. The minimum absolute atomic E-state index is 0.334. The van der Waals surface area contributed by atoms with E-state index in [0.717, 1.165) is 29.7 Å². The summed E-state index contributed by atoms with van der Waals surface area (Å²) in [5.41, 5.74) is 3.35. The van der Waals surface area contributed by atoms with Gasteiger partial charge in [-0.1, -0.05) is 13.3 Å². The Morgan fingerprint density at radius 1 is 1.46 bits per heavy atom. The maximum Gasteiger partial charge on any atom is 0.352 e. The van der Waals surface area contributed by atoms with Gasteiger partial charge in [-0.05, 0) is 31.4 Å². The predicted octanol–water partition coefficient (Wildman–Crippen LogP) is 2.28. The first-order valence-corrected chi connectivity index (χ1v) is 4.49. The van der Waals surface area contributed by atoms with Crippen LogP contribution < -0.4 is 0 Å². The van der Waals surface area contributed by atoms with Gasteiger partial charge in [0.05, 0.1) is 0 Å². The van der Waals surface area contributed by atoms with Crippen LogP contribution in [0.25, 0.3) is 0 Å². The smallest absolute Gasteiger partial charge is 0.352 e. The summed E-state index contributed by atoms with van der Waals surface area (Å²) in [6.07, 6.45) is 1.99. The summed E-state index contributed by atoms with van der Waals surface area (Å²) in [6, 6.07) is 0. The number of hydrogen-bond acceptors (Lipinski definition) is 1. The maximum absolute atomic E-state index is 10.8. The Bertz CT molecular complexity index is 326. The Morgan fingerprint density at radius 3 is 2.46 bits per heavy atom. The van der Waals surface area contributed by atoms with Gasteiger partial charge in [-0.25, -0.2) is 4.79 Å². The fourth-order valence-corrected chi connectivity index (χ4v) is 1.63. The number of carbonyl (C=O) groups is 1. The van der Waals surface area contributed by atoms with Gasteiger partial charge in [0.1, 0.15) is 5.69 Å². The molecule has 3 nitrogen and oxygen atoms in total. The zero-order valence-corrected chi connectivity index (χ0v) is 8.27. The van der Waals surface area contributed by atoms with Crippen molar-refractivity contribution in [3.05, 3.63) is 22.5 Å². The first kappa shape index (κ1) is 9.84. The van der Waals surface area contributed by atoms with Crippen LogP contribution in [0.1, 0.15) is 40.7 Å². The van der Waals surface area contributed by atoms with Gasteiger partial charge in [0.25, 0.3) is 0 Å². The molecule has 0 bridgehead atoms. The van der Waals surface area contributed by atoms with Crippen molar-refractivity contribution >= 4 is 5.97 Å². The average Bonchev–Trinajstić information content (AvgIpc) is 2.32. The van der Waals surface area contributed by atoms with Gasteiger partial charge in [0, 0.05) is 5.69 Å². The molecule has 0 aliphatic rings. The third-order valence-electron chi connectivity index (χ3n) is 2.31. The molecule has 0 saturated heterocycles. The topological polar surface area (TPSA) is 53.1 Å². The number of carboxylic acids is 1. The first-order chi connectivity index (χ1) is 6.07. The lowest BCUT2D eigenvalue weighted by Gasteiger charge is -1.98. The van der Waals surface area contributed by atoms with E-state index in [4.69, 9.17) is 5.11 Å². The lowest BCUT2D eigenvalue weighted by molar-refractivity contribution is 0.0690. The van der Waals surface area contributed by atoms with Crippen LogP contribution in [0.15, 0.2) is 0 Å². The number of carboxylic acid groups (broad SMARTS) is 1. The molecular formula is C10H15NO2. The summed E-state index contributed by atoms with van der Waals surface area (Å²) in [5.74, 6) is -0.872. The van der Waals surface area contributed by atoms with Gasteiger partial charge in [0.2, 0.25) is 0 Å². The molecule has 0 amide bonds. The highest BCUT2D eigenvalue weighted by atomic mass is 16.4. The second-order valence-electron chi connectivity index (χ2n) is 3.28. The summed E-state index contributed by atoms with van der Waals surface area (Å²) in [5, 5.41) is 8.84. The van der Waals surface area contributed by atoms with Crippen molar-refractivity contribution in [2.75, 3.05) is 0 Å². The molecule has 3 heteroatoms. The van der Waals surface area contributed by atoms with E-state index >= 15 is 0 Å². The van der Waals surface area contributed by atoms with Crippen molar-refractivity contribution in [2.45, 2.75) is 33.6 Å². The molecule has 0 aliphatic heterocycles. The Kier molecular flexibility index (Phi) is 2.76. The number of aromatic amines is 1. The van der Waals surface area contributed by atoms with Gasteiger partial charge in [-0.2, -0.15) is 0 Å². The van der Waals surface area contributed by atoms with Crippen LogP contribution in [-0.2, 0) is 6.42 Å². The zero-order chi connectivity index (χ0) is 10.0. The van der Waals surface area contributed by atoms with Crippen molar-refractivity contribution < 1.29 is 9.90 Å². The molecule has 0 spiro atoms. The number of nitrogens with one attached hydrogen (secondary N) is 1. The fraction of sp³-hybridized carbons (Fsp3) is 0.500. The van der Waals surface area contributed by atoms with Crippen molar-refractivity contribution in [3.8, 4) is 0 Å². The molecule has 2 N–H and O–H groups in total. The second-order valence-corrected chi connectivity index (χ2v) is 3.28. The molecule has 0 aromatic carbocycles. The van der Waals surface area contributed by atoms with Crippen molar-refractivity contribution in [1.29, 1.82) is 0 Å². The standard InChI is InChI=1S/C10H15NO2/c1-4-5-8-6(2)9(10(12)13)11-7(8)3/h11H,4-5H2,1-3H3,(H,12,13). The Labute approximate surface area is 77.8 Å². The van der Waals surface area contributed by atoms with Crippen LogP contribution in [-0.4, -0.2) is 16.1 Å². The molecule has 0 fully saturated rings. The van der Waals surface area contributed by atoms with E-state index in [1.807, 2.05) is 13.8 Å². The lowest BCUT2D eigenvalue weighted by Crippen LogP contribution is -1.98. The highest BCUT2D eigenvalue weighted by Crippen LogP contribution is 2.19. The minimum Gasteiger partial charge on any atom is -0.477 e. The molecule has 0 saturated carbocycles. The fourth-order valence-electron chi connectivity index (χ4n) is 1.63. The molecule has 0 unspecified atom stereocenters. The highest BCUT2D eigenvalue weighted by molar-refractivity contribution is 5.88. The summed E-state index contributed by atoms with van der Waals surface area (Å²) >= 11 is 0. The number of rotatable bonds is 3. The number of hydrogen-bond donors (Lipinski definition) is 2. The Balaban J connectivity index is 3.14. The van der Waals surface area contributed by atoms with Crippen molar-refractivity contribution in [2.24, 2.45) is 0 Å². The molecule has 1 heterocycles. The zero-order valence-electron chi connectivity index (χ0n) is 8.27. The summed E-state index contributed by atoms with van der Waals surface area (Å²) < 4.78 is 0. The van der Waals surface area contributed by atoms with Gasteiger partial charge in [-0.3, -0.25) is 0 Å². The summed E-state index contributed by atoms with van der Waals surface area (Å²) in [4.78, 5) is 13.7. The molecule has 0 atom stereocenters. The van der Waals surface area contributed by atoms with Crippen molar-refractivity contribution in [3.63, 3.8) is 0 Å². The largest absolute Gasteiger partial charge is 0.477 e. The van der Waals surface area contributed by atoms with E-state index in [1.54, 1.807) is 0 Å². The number of aromatic carboxylic acids is 1. The van der Waals surface area contributed by atoms with Crippen molar-refractivity contribution in [1.82, 2.24) is 4.98 Å². The molecular weight excluding hydrogens is 166 g/mol. The van der Waals surface area contributed by atoms with Gasteiger partial charge < -0.3 is 10.1 Å². The third-order valence-corrected chi connectivity index (χ3v) is 2.31. The van der Waals surface area contributed by atoms with E-state index in [9.17, 15) is 4.79 Å². The van der Waals surface area contributed by atoms with Gasteiger partial charge >= 0.3 is 5.97 Å². The maximum atomic E-state index is 10.8. The van der Waals surface area contributed by atoms with E-state index in [2.05, 4.69) is 11.9 Å². The third kappa shape index (κ3) is 1.74. The molecule has 0 radical (unpaired) electrons. The number of H-pyrrole nitrogens is 1. The van der Waals surface area contributed by atoms with Crippen LogP contribution in [0.5, 0.6) is 0 Å². The molecule has 72 valence electrons. The molecule has 1 rings (SSSR count). The number of aromatic nitrogens is 1. The van der Waals surface area contributed by atoms with E-state index < -0.39 is 5.97 Å². The number of aryl methyl sites for hydroxylation is 1.